The van der Waals surface area contributed by atoms with Crippen LogP contribution >= 0.6 is 0 Å². The Morgan fingerprint density at radius 3 is 2.51 bits per heavy atom. The number of methoxy groups -OCH3 is 3. The number of benzene rings is 2. The van der Waals surface area contributed by atoms with Gasteiger partial charge in [0.25, 0.3) is 0 Å². The van der Waals surface area contributed by atoms with Crippen molar-refractivity contribution < 1.29 is 28.2 Å². The lowest BCUT2D eigenvalue weighted by Crippen LogP contribution is -2.36. The molecule has 35 heavy (non-hydrogen) atoms. The van der Waals surface area contributed by atoms with E-state index in [0.29, 0.717) is 35.9 Å². The van der Waals surface area contributed by atoms with Gasteiger partial charge in [0.05, 0.1) is 27.8 Å². The lowest BCUT2D eigenvalue weighted by Gasteiger charge is -2.37. The van der Waals surface area contributed by atoms with Gasteiger partial charge in [-0.25, -0.2) is 4.79 Å². The molecule has 0 aliphatic carbocycles. The summed E-state index contributed by atoms with van der Waals surface area (Å²) in [5, 5.41) is 3.46. The molecule has 1 aliphatic rings. The van der Waals surface area contributed by atoms with Crippen molar-refractivity contribution in [3.63, 3.8) is 0 Å². The molecule has 9 heteroatoms. The third kappa shape index (κ3) is 5.14. The molecule has 0 bridgehead atoms. The second kappa shape index (κ2) is 10.2. The van der Waals surface area contributed by atoms with Gasteiger partial charge in [-0.3, -0.25) is 14.5 Å². The predicted octanol–water partition coefficient (Wildman–Crippen LogP) is 3.43. The van der Waals surface area contributed by atoms with Crippen molar-refractivity contribution in [2.24, 2.45) is 0 Å². The van der Waals surface area contributed by atoms with Crippen molar-refractivity contribution >= 4 is 28.5 Å². The van der Waals surface area contributed by atoms with Crippen molar-refractivity contribution in [3.8, 4) is 11.5 Å². The Morgan fingerprint density at radius 1 is 1.09 bits per heavy atom. The van der Waals surface area contributed by atoms with Gasteiger partial charge >= 0.3 is 11.6 Å². The molecule has 4 rings (SSSR count). The quantitative estimate of drug-likeness (QED) is 0.405. The maximum absolute atomic E-state index is 12.4. The number of ether oxygens (including phenoxy) is 3. The Hall–Kier alpha value is -3.85. The van der Waals surface area contributed by atoms with Crippen LogP contribution in [0.1, 0.15) is 36.1 Å². The highest BCUT2D eigenvalue weighted by molar-refractivity contribution is 5.92. The van der Waals surface area contributed by atoms with Gasteiger partial charge in [0.2, 0.25) is 5.91 Å². The van der Waals surface area contributed by atoms with Crippen LogP contribution in [0, 0.1) is 0 Å². The van der Waals surface area contributed by atoms with Gasteiger partial charge in [0.1, 0.15) is 5.58 Å². The number of rotatable bonds is 7. The standard InChI is InChI=1S/C26H28N2O7/c1-15(29)27-18-5-6-19-17(10-26(31)35-22(19)11-18)14-28-8-7-16-9-23(32-2)24(33-3)12-20(16)21(28)13-25(30)34-4/h5-6,9-12,21H,7-8,13-14H2,1-4H3,(H,27,29)/t21-/m1/s1. The summed E-state index contributed by atoms with van der Waals surface area (Å²) in [6, 6.07) is 10.3. The highest BCUT2D eigenvalue weighted by atomic mass is 16.5. The Balaban J connectivity index is 1.74. The average molecular weight is 481 g/mol. The van der Waals surface area contributed by atoms with Crippen LogP contribution in [-0.2, 0) is 27.3 Å². The van der Waals surface area contributed by atoms with Gasteiger partial charge in [-0.05, 0) is 47.4 Å². The van der Waals surface area contributed by atoms with E-state index in [0.717, 1.165) is 28.5 Å². The van der Waals surface area contributed by atoms with Crippen molar-refractivity contribution in [3.05, 3.63) is 63.5 Å². The number of hydrogen-bond donors (Lipinski definition) is 1. The fourth-order valence-electron chi connectivity index (χ4n) is 4.61. The molecular formula is C26H28N2O7. The Kier molecular flexibility index (Phi) is 7.07. The first-order valence-electron chi connectivity index (χ1n) is 11.2. The molecule has 184 valence electrons. The summed E-state index contributed by atoms with van der Waals surface area (Å²) in [7, 11) is 4.53. The number of fused-ring (bicyclic) bond motifs is 2. The summed E-state index contributed by atoms with van der Waals surface area (Å²) >= 11 is 0. The normalized spacial score (nSPS) is 15.4. The van der Waals surface area contributed by atoms with Crippen molar-refractivity contribution in [1.82, 2.24) is 4.90 Å². The van der Waals surface area contributed by atoms with Crippen LogP contribution in [0.15, 0.2) is 45.6 Å². The van der Waals surface area contributed by atoms with Gasteiger partial charge in [-0.1, -0.05) is 0 Å². The minimum Gasteiger partial charge on any atom is -0.493 e. The van der Waals surface area contributed by atoms with E-state index in [1.54, 1.807) is 26.4 Å². The molecule has 1 atom stereocenters. The first-order chi connectivity index (χ1) is 16.8. The highest BCUT2D eigenvalue weighted by Crippen LogP contribution is 2.40. The van der Waals surface area contributed by atoms with Gasteiger partial charge in [0.15, 0.2) is 11.5 Å². The fraction of sp³-hybridized carbons (Fsp3) is 0.346. The molecule has 1 aliphatic heterocycles. The topological polar surface area (TPSA) is 107 Å². The monoisotopic (exact) mass is 480 g/mol. The molecule has 0 unspecified atom stereocenters. The zero-order chi connectivity index (χ0) is 25.1. The number of carbonyl (C=O) groups excluding carboxylic acids is 2. The molecule has 2 aromatic carbocycles. The molecule has 3 aromatic rings. The number of carbonyl (C=O) groups is 2. The molecule has 1 amide bonds. The number of nitrogens with zero attached hydrogens (tertiary/aromatic N) is 1. The lowest BCUT2D eigenvalue weighted by molar-refractivity contribution is -0.142. The maximum Gasteiger partial charge on any atom is 0.336 e. The third-order valence-corrected chi connectivity index (χ3v) is 6.23. The number of anilines is 1. The Labute approximate surface area is 202 Å². The van der Waals surface area contributed by atoms with E-state index in [1.807, 2.05) is 18.2 Å². The van der Waals surface area contributed by atoms with Gasteiger partial charge < -0.3 is 23.9 Å². The van der Waals surface area contributed by atoms with Crippen molar-refractivity contribution in [1.29, 1.82) is 0 Å². The van der Waals surface area contributed by atoms with Crippen LogP contribution in [-0.4, -0.2) is 44.7 Å². The largest absolute Gasteiger partial charge is 0.493 e. The zero-order valence-electron chi connectivity index (χ0n) is 20.2. The summed E-state index contributed by atoms with van der Waals surface area (Å²) in [5.74, 6) is 0.671. The molecule has 1 N–H and O–H groups in total. The summed E-state index contributed by atoms with van der Waals surface area (Å²) in [6.07, 6.45) is 0.879. The summed E-state index contributed by atoms with van der Waals surface area (Å²) in [5.41, 5.74) is 3.24. The molecule has 0 fully saturated rings. The SMILES string of the molecule is COC(=O)C[C@@H]1c2cc(OC)c(OC)cc2CCN1Cc1cc(=O)oc2cc(NC(C)=O)ccc12. The zero-order valence-corrected chi connectivity index (χ0v) is 20.2. The second-order valence-electron chi connectivity index (χ2n) is 8.41. The van der Waals surface area contributed by atoms with Gasteiger partial charge in [-0.2, -0.15) is 0 Å². The molecule has 0 saturated heterocycles. The van der Waals surface area contributed by atoms with E-state index in [9.17, 15) is 14.4 Å². The average Bonchev–Trinajstić information content (AvgIpc) is 2.83. The number of nitrogens with one attached hydrogen (secondary N) is 1. The van der Waals surface area contributed by atoms with Crippen molar-refractivity contribution in [2.45, 2.75) is 32.4 Å². The fourth-order valence-corrected chi connectivity index (χ4v) is 4.61. The summed E-state index contributed by atoms with van der Waals surface area (Å²) in [6.45, 7) is 2.49. The van der Waals surface area contributed by atoms with Crippen LogP contribution in [0.25, 0.3) is 11.0 Å². The van der Waals surface area contributed by atoms with Crippen molar-refractivity contribution in [2.75, 3.05) is 33.2 Å². The number of amides is 1. The third-order valence-electron chi connectivity index (χ3n) is 6.23. The van der Waals surface area contributed by atoms with E-state index >= 15 is 0 Å². The van der Waals surface area contributed by atoms with Crippen LogP contribution < -0.4 is 20.4 Å². The minimum absolute atomic E-state index is 0.144. The lowest BCUT2D eigenvalue weighted by atomic mass is 9.89. The van der Waals surface area contributed by atoms with E-state index < -0.39 is 5.63 Å². The van der Waals surface area contributed by atoms with E-state index in [4.69, 9.17) is 18.6 Å². The molecule has 0 saturated carbocycles. The van der Waals surface area contributed by atoms with E-state index in [1.165, 1.54) is 20.1 Å². The summed E-state index contributed by atoms with van der Waals surface area (Å²) < 4.78 is 21.3. The van der Waals surface area contributed by atoms with Crippen LogP contribution in [0.2, 0.25) is 0 Å². The maximum atomic E-state index is 12.4. The van der Waals surface area contributed by atoms with Gasteiger partial charge in [0, 0.05) is 49.3 Å². The number of esters is 1. The van der Waals surface area contributed by atoms with Crippen LogP contribution in [0.4, 0.5) is 5.69 Å². The Morgan fingerprint density at radius 2 is 1.83 bits per heavy atom. The molecular weight excluding hydrogens is 452 g/mol. The number of hydrogen-bond acceptors (Lipinski definition) is 8. The Bertz CT molecular complexity index is 1330. The van der Waals surface area contributed by atoms with Crippen LogP contribution in [0.5, 0.6) is 11.5 Å². The van der Waals surface area contributed by atoms with E-state index in [-0.39, 0.29) is 24.3 Å². The predicted molar refractivity (Wildman–Crippen MR) is 130 cm³/mol. The van der Waals surface area contributed by atoms with Gasteiger partial charge in [-0.15, -0.1) is 0 Å². The highest BCUT2D eigenvalue weighted by Gasteiger charge is 2.31. The molecule has 9 nitrogen and oxygen atoms in total. The molecule has 0 radical (unpaired) electrons. The van der Waals surface area contributed by atoms with Crippen LogP contribution in [0.3, 0.4) is 0 Å². The minimum atomic E-state index is -0.485. The first kappa shape index (κ1) is 24.3. The summed E-state index contributed by atoms with van der Waals surface area (Å²) in [4.78, 5) is 38.3. The first-order valence-corrected chi connectivity index (χ1v) is 11.2. The smallest absolute Gasteiger partial charge is 0.336 e. The second-order valence-corrected chi connectivity index (χ2v) is 8.41. The van der Waals surface area contributed by atoms with E-state index in [2.05, 4.69) is 10.2 Å². The molecule has 1 aromatic heterocycles. The molecule has 2 heterocycles. The molecule has 0 spiro atoms.